The van der Waals surface area contributed by atoms with E-state index >= 15 is 0 Å². The predicted molar refractivity (Wildman–Crippen MR) is 106 cm³/mol. The van der Waals surface area contributed by atoms with Crippen LogP contribution < -0.4 is 15.4 Å². The zero-order valence-corrected chi connectivity index (χ0v) is 17.0. The zero-order valence-electron chi connectivity index (χ0n) is 17.0. The fourth-order valence-electron chi connectivity index (χ4n) is 2.46. The maximum atomic E-state index is 12.4. The Balaban J connectivity index is 2.66. The van der Waals surface area contributed by atoms with Crippen LogP contribution in [0, 0.1) is 18.3 Å². The van der Waals surface area contributed by atoms with Crippen molar-refractivity contribution < 1.29 is 14.3 Å². The summed E-state index contributed by atoms with van der Waals surface area (Å²) in [5.74, 6) is 0.321. The molecule has 27 heavy (non-hydrogen) atoms. The predicted octanol–water partition coefficient (Wildman–Crippen LogP) is 3.38. The number of nitrogens with one attached hydrogen (secondary N) is 2. The summed E-state index contributed by atoms with van der Waals surface area (Å²) in [7, 11) is 0. The lowest BCUT2D eigenvalue weighted by atomic mass is 10.0. The molecule has 0 radical (unpaired) electrons. The minimum absolute atomic E-state index is 0.0391. The molecule has 1 atom stereocenters. The molecule has 0 aliphatic rings. The Morgan fingerprint density at radius 2 is 2.07 bits per heavy atom. The third-order valence-electron chi connectivity index (χ3n) is 3.81. The minimum atomic E-state index is -0.417. The Morgan fingerprint density at radius 3 is 2.70 bits per heavy atom. The number of nitrogens with zero attached hydrogens (tertiary/aromatic N) is 1. The maximum Gasteiger partial charge on any atom is 0.263 e. The molecule has 6 nitrogen and oxygen atoms in total. The molecule has 148 valence electrons. The third-order valence-corrected chi connectivity index (χ3v) is 3.81. The largest absolute Gasteiger partial charge is 0.494 e. The van der Waals surface area contributed by atoms with E-state index in [0.29, 0.717) is 19.8 Å². The number of carbonyl (C=O) groups is 1. The molecule has 0 aliphatic heterocycles. The molecule has 1 aromatic rings. The van der Waals surface area contributed by atoms with E-state index in [1.807, 2.05) is 58.9 Å². The minimum Gasteiger partial charge on any atom is -0.494 e. The van der Waals surface area contributed by atoms with Crippen molar-refractivity contribution in [3.8, 4) is 11.8 Å². The fraction of sp³-hybridized carbons (Fsp3) is 0.524. The Kier molecular flexibility index (Phi) is 9.99. The lowest BCUT2D eigenvalue weighted by Gasteiger charge is -2.18. The molecule has 0 aliphatic carbocycles. The molecule has 6 heteroatoms. The molecule has 1 aromatic carbocycles. The summed E-state index contributed by atoms with van der Waals surface area (Å²) in [5, 5.41) is 15.1. The lowest BCUT2D eigenvalue weighted by molar-refractivity contribution is -0.117. The molecule has 0 bridgehead atoms. The quantitative estimate of drug-likeness (QED) is 0.353. The van der Waals surface area contributed by atoms with Crippen LogP contribution in [-0.4, -0.2) is 31.8 Å². The van der Waals surface area contributed by atoms with E-state index in [2.05, 4.69) is 10.6 Å². The van der Waals surface area contributed by atoms with Crippen LogP contribution in [0.4, 0.5) is 0 Å². The number of hydrogen-bond donors (Lipinski definition) is 2. The van der Waals surface area contributed by atoms with Crippen molar-refractivity contribution in [3.63, 3.8) is 0 Å². The molecular formula is C21H31N3O3. The first-order chi connectivity index (χ1) is 12.9. The van der Waals surface area contributed by atoms with Gasteiger partial charge in [0.15, 0.2) is 0 Å². The van der Waals surface area contributed by atoms with Crippen molar-refractivity contribution >= 4 is 5.91 Å². The average molecular weight is 373 g/mol. The molecule has 0 saturated carbocycles. The molecule has 1 amide bonds. The summed E-state index contributed by atoms with van der Waals surface area (Å²) in [4.78, 5) is 12.4. The molecule has 0 saturated heterocycles. The van der Waals surface area contributed by atoms with Crippen LogP contribution in [0.15, 0.2) is 30.0 Å². The summed E-state index contributed by atoms with van der Waals surface area (Å²) in [6.07, 6.45) is 2.45. The van der Waals surface area contributed by atoms with Crippen molar-refractivity contribution in [3.05, 3.63) is 41.1 Å². The van der Waals surface area contributed by atoms with Gasteiger partial charge in [-0.05, 0) is 47.1 Å². The van der Waals surface area contributed by atoms with Crippen LogP contribution in [0.1, 0.15) is 51.3 Å². The Labute approximate surface area is 162 Å². The third kappa shape index (κ3) is 8.14. The second-order valence-corrected chi connectivity index (χ2v) is 6.57. The van der Waals surface area contributed by atoms with E-state index in [4.69, 9.17) is 9.47 Å². The summed E-state index contributed by atoms with van der Waals surface area (Å²) in [5.41, 5.74) is 2.01. The van der Waals surface area contributed by atoms with Gasteiger partial charge in [0.05, 0.1) is 18.8 Å². The van der Waals surface area contributed by atoms with Gasteiger partial charge in [0, 0.05) is 24.9 Å². The van der Waals surface area contributed by atoms with Crippen molar-refractivity contribution in [2.75, 3.05) is 19.8 Å². The second-order valence-electron chi connectivity index (χ2n) is 6.57. The van der Waals surface area contributed by atoms with Gasteiger partial charge in [0.25, 0.3) is 5.91 Å². The number of hydrogen-bond acceptors (Lipinski definition) is 5. The first kappa shape index (κ1) is 22.5. The number of benzene rings is 1. The maximum absolute atomic E-state index is 12.4. The topological polar surface area (TPSA) is 83.4 Å². The number of aryl methyl sites for hydroxylation is 1. The zero-order chi connectivity index (χ0) is 20.2. The standard InChI is InChI=1S/C21H31N3O3/c1-6-26-20-9-8-16(4)12-19(20)17(5)24-21(25)18(13-22)14-23-10-7-11-27-15(2)3/h8-9,12,14-15,17,23H,6-7,10-11H2,1-5H3,(H,24,25)/b18-14-. The Morgan fingerprint density at radius 1 is 1.33 bits per heavy atom. The summed E-state index contributed by atoms with van der Waals surface area (Å²) < 4.78 is 11.1. The summed E-state index contributed by atoms with van der Waals surface area (Å²) >= 11 is 0. The molecule has 0 aromatic heterocycles. The Hall–Kier alpha value is -2.52. The first-order valence-electron chi connectivity index (χ1n) is 9.38. The molecule has 1 rings (SSSR count). The average Bonchev–Trinajstić information content (AvgIpc) is 2.62. The number of ether oxygens (including phenoxy) is 2. The van der Waals surface area contributed by atoms with Crippen molar-refractivity contribution in [1.29, 1.82) is 5.26 Å². The molecular weight excluding hydrogens is 342 g/mol. The highest BCUT2D eigenvalue weighted by molar-refractivity contribution is 5.97. The van der Waals surface area contributed by atoms with Gasteiger partial charge in [-0.1, -0.05) is 17.7 Å². The van der Waals surface area contributed by atoms with Crippen LogP contribution in [0.2, 0.25) is 0 Å². The molecule has 1 unspecified atom stereocenters. The monoisotopic (exact) mass is 373 g/mol. The van der Waals surface area contributed by atoms with Gasteiger partial charge in [-0.25, -0.2) is 0 Å². The second kappa shape index (κ2) is 12.0. The first-order valence-corrected chi connectivity index (χ1v) is 9.38. The highest BCUT2D eigenvalue weighted by Crippen LogP contribution is 2.26. The van der Waals surface area contributed by atoms with Gasteiger partial charge in [-0.2, -0.15) is 5.26 Å². The molecule has 2 N–H and O–H groups in total. The van der Waals surface area contributed by atoms with Gasteiger partial charge >= 0.3 is 0 Å². The Bertz CT molecular complexity index is 678. The van der Waals surface area contributed by atoms with Crippen LogP contribution in [0.5, 0.6) is 5.75 Å². The van der Waals surface area contributed by atoms with Gasteiger partial charge in [-0.3, -0.25) is 4.79 Å². The highest BCUT2D eigenvalue weighted by Gasteiger charge is 2.17. The van der Waals surface area contributed by atoms with Gasteiger partial charge in [0.2, 0.25) is 0 Å². The van der Waals surface area contributed by atoms with Crippen molar-refractivity contribution in [1.82, 2.24) is 10.6 Å². The van der Waals surface area contributed by atoms with E-state index in [0.717, 1.165) is 23.3 Å². The molecule has 0 fully saturated rings. The van der Waals surface area contributed by atoms with Crippen molar-refractivity contribution in [2.45, 2.75) is 53.2 Å². The molecule has 0 heterocycles. The highest BCUT2D eigenvalue weighted by atomic mass is 16.5. The SMILES string of the molecule is CCOc1ccc(C)cc1C(C)NC(=O)/C(C#N)=C\NCCCOC(C)C. The normalized spacial score (nSPS) is 12.4. The van der Waals surface area contributed by atoms with Gasteiger partial charge < -0.3 is 20.1 Å². The summed E-state index contributed by atoms with van der Waals surface area (Å²) in [6, 6.07) is 7.52. The van der Waals surface area contributed by atoms with E-state index in [1.165, 1.54) is 6.20 Å². The number of nitriles is 1. The van der Waals surface area contributed by atoms with E-state index < -0.39 is 5.91 Å². The number of rotatable bonds is 11. The number of amides is 1. The van der Waals surface area contributed by atoms with E-state index in [1.54, 1.807) is 0 Å². The van der Waals surface area contributed by atoms with Crippen molar-refractivity contribution in [2.24, 2.45) is 0 Å². The smallest absolute Gasteiger partial charge is 0.263 e. The van der Waals surface area contributed by atoms with Gasteiger partial charge in [-0.15, -0.1) is 0 Å². The molecule has 0 spiro atoms. The fourth-order valence-corrected chi connectivity index (χ4v) is 2.46. The van der Waals surface area contributed by atoms with Crippen LogP contribution in [-0.2, 0) is 9.53 Å². The van der Waals surface area contributed by atoms with E-state index in [9.17, 15) is 10.1 Å². The van der Waals surface area contributed by atoms with E-state index in [-0.39, 0.29) is 17.7 Å². The van der Waals surface area contributed by atoms with Crippen LogP contribution in [0.3, 0.4) is 0 Å². The summed E-state index contributed by atoms with van der Waals surface area (Å²) in [6.45, 7) is 11.6. The van der Waals surface area contributed by atoms with Crippen LogP contribution >= 0.6 is 0 Å². The van der Waals surface area contributed by atoms with Gasteiger partial charge in [0.1, 0.15) is 17.4 Å². The van der Waals surface area contributed by atoms with Crippen LogP contribution in [0.25, 0.3) is 0 Å². The lowest BCUT2D eigenvalue weighted by Crippen LogP contribution is -2.29. The number of carbonyl (C=O) groups excluding carboxylic acids is 1.